The van der Waals surface area contributed by atoms with Gasteiger partial charge in [0.15, 0.2) is 0 Å². The number of benzene rings is 1. The molecule has 0 radical (unpaired) electrons. The van der Waals surface area contributed by atoms with E-state index < -0.39 is 0 Å². The van der Waals surface area contributed by atoms with E-state index in [0.717, 1.165) is 28.1 Å². The van der Waals surface area contributed by atoms with Crippen molar-refractivity contribution in [2.45, 2.75) is 16.8 Å². The molecule has 1 aromatic carbocycles. The van der Waals surface area contributed by atoms with Crippen molar-refractivity contribution < 1.29 is 9.84 Å². The fourth-order valence-corrected chi connectivity index (χ4v) is 2.91. The third kappa shape index (κ3) is 2.31. The molecule has 0 aliphatic carbocycles. The van der Waals surface area contributed by atoms with Crippen LogP contribution in [-0.4, -0.2) is 23.6 Å². The van der Waals surface area contributed by atoms with Crippen molar-refractivity contribution >= 4 is 27.7 Å². The van der Waals surface area contributed by atoms with E-state index in [2.05, 4.69) is 22.0 Å². The molecule has 0 atom stereocenters. The van der Waals surface area contributed by atoms with Crippen LogP contribution in [0.5, 0.6) is 0 Å². The SMILES string of the molecule is OCc1ccc(Br)cc1SC1COC1. The van der Waals surface area contributed by atoms with Crippen molar-refractivity contribution in [2.75, 3.05) is 13.2 Å². The molecule has 4 heteroatoms. The highest BCUT2D eigenvalue weighted by Gasteiger charge is 2.20. The first-order valence-corrected chi connectivity index (χ1v) is 6.10. The first kappa shape index (κ1) is 10.5. The summed E-state index contributed by atoms with van der Waals surface area (Å²) in [5, 5.41) is 9.70. The van der Waals surface area contributed by atoms with Crippen molar-refractivity contribution in [1.29, 1.82) is 0 Å². The van der Waals surface area contributed by atoms with Gasteiger partial charge in [0.2, 0.25) is 0 Å². The van der Waals surface area contributed by atoms with Gasteiger partial charge < -0.3 is 9.84 Å². The smallest absolute Gasteiger partial charge is 0.0692 e. The highest BCUT2D eigenvalue weighted by molar-refractivity contribution is 9.10. The Hall–Kier alpha value is -0.0300. The quantitative estimate of drug-likeness (QED) is 0.918. The summed E-state index contributed by atoms with van der Waals surface area (Å²) in [5.41, 5.74) is 0.991. The van der Waals surface area contributed by atoms with E-state index in [-0.39, 0.29) is 6.61 Å². The Labute approximate surface area is 95.8 Å². The number of hydrogen-bond acceptors (Lipinski definition) is 3. The lowest BCUT2D eigenvalue weighted by atomic mass is 10.2. The summed E-state index contributed by atoms with van der Waals surface area (Å²) < 4.78 is 6.17. The number of ether oxygens (including phenoxy) is 1. The van der Waals surface area contributed by atoms with Crippen molar-refractivity contribution in [2.24, 2.45) is 0 Å². The minimum atomic E-state index is 0.100. The number of thioether (sulfide) groups is 1. The highest BCUT2D eigenvalue weighted by Crippen LogP contribution is 2.32. The summed E-state index contributed by atoms with van der Waals surface area (Å²) in [6.07, 6.45) is 0. The molecule has 0 unspecified atom stereocenters. The molecule has 1 N–H and O–H groups in total. The van der Waals surface area contributed by atoms with E-state index in [1.54, 1.807) is 11.8 Å². The molecule has 0 spiro atoms. The summed E-state index contributed by atoms with van der Waals surface area (Å²) in [6, 6.07) is 5.95. The van der Waals surface area contributed by atoms with Crippen LogP contribution in [0.25, 0.3) is 0 Å². The second-order valence-corrected chi connectivity index (χ2v) is 5.45. The first-order valence-electron chi connectivity index (χ1n) is 4.43. The van der Waals surface area contributed by atoms with Crippen molar-refractivity contribution in [3.05, 3.63) is 28.2 Å². The van der Waals surface area contributed by atoms with Crippen LogP contribution in [0.15, 0.2) is 27.6 Å². The molecule has 1 fully saturated rings. The zero-order chi connectivity index (χ0) is 9.97. The van der Waals surface area contributed by atoms with E-state index in [1.807, 2.05) is 12.1 Å². The monoisotopic (exact) mass is 274 g/mol. The van der Waals surface area contributed by atoms with Crippen LogP contribution in [0.4, 0.5) is 0 Å². The third-order valence-corrected chi connectivity index (χ3v) is 3.83. The third-order valence-electron chi connectivity index (χ3n) is 2.10. The molecule has 1 aromatic rings. The minimum absolute atomic E-state index is 0.100. The number of rotatable bonds is 3. The van der Waals surface area contributed by atoms with Gasteiger partial charge in [-0.25, -0.2) is 0 Å². The second-order valence-electron chi connectivity index (χ2n) is 3.19. The molecule has 0 aromatic heterocycles. The summed E-state index contributed by atoms with van der Waals surface area (Å²) in [4.78, 5) is 1.15. The zero-order valence-electron chi connectivity index (χ0n) is 7.57. The summed E-state index contributed by atoms with van der Waals surface area (Å²) in [6.45, 7) is 1.74. The fourth-order valence-electron chi connectivity index (χ4n) is 1.23. The topological polar surface area (TPSA) is 29.5 Å². The normalized spacial score (nSPS) is 16.7. The van der Waals surface area contributed by atoms with Gasteiger partial charge in [-0.2, -0.15) is 0 Å². The summed E-state index contributed by atoms with van der Waals surface area (Å²) >= 11 is 5.21. The molecule has 1 aliphatic rings. The van der Waals surface area contributed by atoms with Gasteiger partial charge in [-0.05, 0) is 17.7 Å². The molecular formula is C10H11BrO2S. The average Bonchev–Trinajstić information content (AvgIpc) is 2.12. The van der Waals surface area contributed by atoms with E-state index in [4.69, 9.17) is 9.84 Å². The molecule has 1 heterocycles. The largest absolute Gasteiger partial charge is 0.392 e. The van der Waals surface area contributed by atoms with Gasteiger partial charge in [0.05, 0.1) is 25.1 Å². The van der Waals surface area contributed by atoms with E-state index >= 15 is 0 Å². The summed E-state index contributed by atoms with van der Waals surface area (Å²) in [5.74, 6) is 0. The predicted molar refractivity (Wildman–Crippen MR) is 60.5 cm³/mol. The molecule has 2 nitrogen and oxygen atoms in total. The minimum Gasteiger partial charge on any atom is -0.392 e. The van der Waals surface area contributed by atoms with E-state index in [1.165, 1.54) is 0 Å². The molecule has 2 rings (SSSR count). The molecule has 0 saturated carbocycles. The van der Waals surface area contributed by atoms with Gasteiger partial charge in [0.1, 0.15) is 0 Å². The van der Waals surface area contributed by atoms with Crippen molar-refractivity contribution in [3.8, 4) is 0 Å². The molecule has 76 valence electrons. The van der Waals surface area contributed by atoms with Gasteiger partial charge in [0, 0.05) is 9.37 Å². The number of hydrogen-bond donors (Lipinski definition) is 1. The van der Waals surface area contributed by atoms with Gasteiger partial charge in [-0.1, -0.05) is 22.0 Å². The van der Waals surface area contributed by atoms with Crippen LogP contribution >= 0.6 is 27.7 Å². The van der Waals surface area contributed by atoms with Gasteiger partial charge in [0.25, 0.3) is 0 Å². The zero-order valence-corrected chi connectivity index (χ0v) is 9.97. The number of halogens is 1. The maximum absolute atomic E-state index is 9.15. The lowest BCUT2D eigenvalue weighted by Gasteiger charge is -2.26. The Morgan fingerprint density at radius 1 is 1.50 bits per heavy atom. The highest BCUT2D eigenvalue weighted by atomic mass is 79.9. The van der Waals surface area contributed by atoms with Gasteiger partial charge >= 0.3 is 0 Å². The standard InChI is InChI=1S/C10H11BrO2S/c11-8-2-1-7(4-12)10(3-8)14-9-5-13-6-9/h1-3,9,12H,4-6H2. The van der Waals surface area contributed by atoms with Gasteiger partial charge in [-0.3, -0.25) is 0 Å². The van der Waals surface area contributed by atoms with Gasteiger partial charge in [-0.15, -0.1) is 11.8 Å². The second kappa shape index (κ2) is 4.66. The lowest BCUT2D eigenvalue weighted by Crippen LogP contribution is -2.30. The number of aliphatic hydroxyl groups excluding tert-OH is 1. The summed E-state index contributed by atoms with van der Waals surface area (Å²) in [7, 11) is 0. The van der Waals surface area contributed by atoms with Crippen molar-refractivity contribution in [1.82, 2.24) is 0 Å². The van der Waals surface area contributed by atoms with Crippen molar-refractivity contribution in [3.63, 3.8) is 0 Å². The lowest BCUT2D eigenvalue weighted by molar-refractivity contribution is 0.0455. The molecule has 14 heavy (non-hydrogen) atoms. The Balaban J connectivity index is 2.15. The molecule has 1 saturated heterocycles. The Morgan fingerprint density at radius 2 is 2.29 bits per heavy atom. The maximum atomic E-state index is 9.15. The molecule has 0 bridgehead atoms. The molecular weight excluding hydrogens is 264 g/mol. The first-order chi connectivity index (χ1) is 6.79. The van der Waals surface area contributed by atoms with Crippen LogP contribution < -0.4 is 0 Å². The Kier molecular flexibility index (Phi) is 3.49. The van der Waals surface area contributed by atoms with Crippen LogP contribution in [0, 0.1) is 0 Å². The number of aliphatic hydroxyl groups is 1. The average molecular weight is 275 g/mol. The fraction of sp³-hybridized carbons (Fsp3) is 0.400. The van der Waals surface area contributed by atoms with Crippen LogP contribution in [0.1, 0.15) is 5.56 Å². The Bertz CT molecular complexity index is 326. The predicted octanol–water partition coefficient (Wildman–Crippen LogP) is 2.43. The van der Waals surface area contributed by atoms with E-state index in [9.17, 15) is 0 Å². The molecule has 0 amide bonds. The maximum Gasteiger partial charge on any atom is 0.0692 e. The van der Waals surface area contributed by atoms with Crippen LogP contribution in [0.2, 0.25) is 0 Å². The molecule has 1 aliphatic heterocycles. The van der Waals surface area contributed by atoms with Crippen LogP contribution in [0.3, 0.4) is 0 Å². The van der Waals surface area contributed by atoms with E-state index in [0.29, 0.717) is 5.25 Å². The van der Waals surface area contributed by atoms with Crippen LogP contribution in [-0.2, 0) is 11.3 Å². The Morgan fingerprint density at radius 3 is 2.86 bits per heavy atom.